The van der Waals surface area contributed by atoms with Crippen molar-refractivity contribution in [2.45, 2.75) is 0 Å². The van der Waals surface area contributed by atoms with Gasteiger partial charge in [0.2, 0.25) is 5.91 Å². The van der Waals surface area contributed by atoms with Gasteiger partial charge in [0, 0.05) is 13.1 Å². The number of methoxy groups -OCH3 is 1. The summed E-state index contributed by atoms with van der Waals surface area (Å²) in [5.74, 6) is -0.543. The van der Waals surface area contributed by atoms with E-state index in [4.69, 9.17) is 0 Å². The minimum Gasteiger partial charge on any atom is -0.465 e. The largest absolute Gasteiger partial charge is 0.465 e. The maximum absolute atomic E-state index is 11.1. The fraction of sp³-hybridized carbons (Fsp3) is 0.167. The predicted molar refractivity (Wildman–Crippen MR) is 60.9 cm³/mol. The molecule has 4 heteroatoms. The molecule has 1 rings (SSSR count). The van der Waals surface area contributed by atoms with E-state index in [2.05, 4.69) is 10.1 Å². The third-order valence-electron chi connectivity index (χ3n) is 2.01. The summed E-state index contributed by atoms with van der Waals surface area (Å²) < 4.78 is 4.57. The van der Waals surface area contributed by atoms with Gasteiger partial charge in [-0.3, -0.25) is 4.79 Å². The number of benzene rings is 1. The van der Waals surface area contributed by atoms with E-state index in [1.165, 1.54) is 13.2 Å². The van der Waals surface area contributed by atoms with Gasteiger partial charge in [-0.2, -0.15) is 0 Å². The molecule has 0 heterocycles. The molecule has 4 nitrogen and oxygen atoms in total. The first kappa shape index (κ1) is 12.0. The molecule has 0 spiro atoms. The number of amides is 1. The van der Waals surface area contributed by atoms with Crippen molar-refractivity contribution in [1.82, 2.24) is 5.32 Å². The summed E-state index contributed by atoms with van der Waals surface area (Å²) in [7, 11) is 2.90. The number of hydrogen-bond donors (Lipinski definition) is 1. The van der Waals surface area contributed by atoms with E-state index < -0.39 is 0 Å². The van der Waals surface area contributed by atoms with Crippen LogP contribution in [0.5, 0.6) is 0 Å². The van der Waals surface area contributed by atoms with E-state index >= 15 is 0 Å². The van der Waals surface area contributed by atoms with E-state index in [9.17, 15) is 9.59 Å². The lowest BCUT2D eigenvalue weighted by atomic mass is 10.1. The van der Waals surface area contributed by atoms with Crippen LogP contribution in [0.1, 0.15) is 15.9 Å². The number of rotatable bonds is 3. The third kappa shape index (κ3) is 3.24. The summed E-state index contributed by atoms with van der Waals surface area (Å²) in [5, 5.41) is 2.47. The molecule has 1 aromatic rings. The molecule has 1 aromatic carbocycles. The van der Waals surface area contributed by atoms with Crippen molar-refractivity contribution in [3.63, 3.8) is 0 Å². The molecule has 16 heavy (non-hydrogen) atoms. The Labute approximate surface area is 93.9 Å². The SMILES string of the molecule is CNC(=O)C=Cc1ccc(C(=O)OC)cc1. The molecule has 0 aromatic heterocycles. The van der Waals surface area contributed by atoms with Crippen molar-refractivity contribution in [2.24, 2.45) is 0 Å². The topological polar surface area (TPSA) is 55.4 Å². The van der Waals surface area contributed by atoms with Gasteiger partial charge < -0.3 is 10.1 Å². The van der Waals surface area contributed by atoms with Gasteiger partial charge in [-0.15, -0.1) is 0 Å². The second kappa shape index (κ2) is 5.70. The smallest absolute Gasteiger partial charge is 0.337 e. The Kier molecular flexibility index (Phi) is 4.27. The summed E-state index contributed by atoms with van der Waals surface area (Å²) in [6, 6.07) is 6.78. The van der Waals surface area contributed by atoms with Crippen LogP contribution >= 0.6 is 0 Å². The van der Waals surface area contributed by atoms with Crippen LogP contribution in [0.4, 0.5) is 0 Å². The van der Waals surface area contributed by atoms with Crippen molar-refractivity contribution in [3.05, 3.63) is 41.5 Å². The first-order valence-corrected chi connectivity index (χ1v) is 4.75. The number of hydrogen-bond acceptors (Lipinski definition) is 3. The fourth-order valence-corrected chi connectivity index (χ4v) is 1.10. The molecular weight excluding hydrogens is 206 g/mol. The van der Waals surface area contributed by atoms with Gasteiger partial charge in [-0.25, -0.2) is 4.79 Å². The Balaban J connectivity index is 2.75. The summed E-state index contributed by atoms with van der Waals surface area (Å²) >= 11 is 0. The molecule has 0 aliphatic rings. The van der Waals surface area contributed by atoms with Gasteiger partial charge in [0.25, 0.3) is 0 Å². The zero-order valence-electron chi connectivity index (χ0n) is 9.19. The van der Waals surface area contributed by atoms with Crippen LogP contribution in [-0.2, 0) is 9.53 Å². The average Bonchev–Trinajstić information content (AvgIpc) is 2.35. The van der Waals surface area contributed by atoms with Crippen LogP contribution in [0.2, 0.25) is 0 Å². The van der Waals surface area contributed by atoms with E-state index in [1.807, 2.05) is 0 Å². The maximum atomic E-state index is 11.1. The van der Waals surface area contributed by atoms with Gasteiger partial charge in [-0.05, 0) is 23.8 Å². The molecule has 0 radical (unpaired) electrons. The lowest BCUT2D eigenvalue weighted by molar-refractivity contribution is -0.115. The zero-order chi connectivity index (χ0) is 12.0. The third-order valence-corrected chi connectivity index (χ3v) is 2.01. The molecule has 0 bridgehead atoms. The Morgan fingerprint density at radius 3 is 2.38 bits per heavy atom. The first-order valence-electron chi connectivity index (χ1n) is 4.75. The highest BCUT2D eigenvalue weighted by Crippen LogP contribution is 2.07. The normalized spacial score (nSPS) is 10.1. The number of nitrogens with one attached hydrogen (secondary N) is 1. The second-order valence-corrected chi connectivity index (χ2v) is 3.06. The monoisotopic (exact) mass is 219 g/mol. The highest BCUT2D eigenvalue weighted by Gasteiger charge is 2.02. The molecular formula is C12H13NO3. The molecule has 0 saturated carbocycles. The van der Waals surface area contributed by atoms with Crippen LogP contribution in [0.25, 0.3) is 6.08 Å². The van der Waals surface area contributed by atoms with Crippen LogP contribution in [-0.4, -0.2) is 26.0 Å². The first-order chi connectivity index (χ1) is 7.67. The predicted octanol–water partition coefficient (Wildman–Crippen LogP) is 1.23. The van der Waals surface area contributed by atoms with Crippen LogP contribution in [0, 0.1) is 0 Å². The minimum atomic E-state index is -0.373. The highest BCUT2D eigenvalue weighted by atomic mass is 16.5. The van der Waals surface area contributed by atoms with Crippen molar-refractivity contribution in [2.75, 3.05) is 14.2 Å². The van der Waals surface area contributed by atoms with Gasteiger partial charge >= 0.3 is 5.97 Å². The molecule has 0 fully saturated rings. The van der Waals surface area contributed by atoms with Gasteiger partial charge in [0.1, 0.15) is 0 Å². The number of carbonyl (C=O) groups excluding carboxylic acids is 2. The standard InChI is InChI=1S/C12H13NO3/c1-13-11(14)8-5-9-3-6-10(7-4-9)12(15)16-2/h3-8H,1-2H3,(H,13,14). The van der Waals surface area contributed by atoms with Gasteiger partial charge in [0.05, 0.1) is 12.7 Å². The lowest BCUT2D eigenvalue weighted by Crippen LogP contribution is -2.13. The van der Waals surface area contributed by atoms with E-state index in [0.29, 0.717) is 5.56 Å². The second-order valence-electron chi connectivity index (χ2n) is 3.06. The number of likely N-dealkylation sites (N-methyl/N-ethyl adjacent to an activating group) is 1. The number of carbonyl (C=O) groups is 2. The minimum absolute atomic E-state index is 0.169. The van der Waals surface area contributed by atoms with Crippen molar-refractivity contribution < 1.29 is 14.3 Å². The van der Waals surface area contributed by atoms with Gasteiger partial charge in [-0.1, -0.05) is 12.1 Å². The Hall–Kier alpha value is -2.10. The van der Waals surface area contributed by atoms with Crippen molar-refractivity contribution in [1.29, 1.82) is 0 Å². The quantitative estimate of drug-likeness (QED) is 0.614. The van der Waals surface area contributed by atoms with E-state index in [0.717, 1.165) is 5.56 Å². The summed E-state index contributed by atoms with van der Waals surface area (Å²) in [4.78, 5) is 22.1. The van der Waals surface area contributed by atoms with Gasteiger partial charge in [0.15, 0.2) is 0 Å². The Morgan fingerprint density at radius 2 is 1.88 bits per heavy atom. The molecule has 84 valence electrons. The lowest BCUT2D eigenvalue weighted by Gasteiger charge is -1.99. The maximum Gasteiger partial charge on any atom is 0.337 e. The molecule has 0 aliphatic heterocycles. The summed E-state index contributed by atoms with van der Waals surface area (Å²) in [5.41, 5.74) is 1.33. The highest BCUT2D eigenvalue weighted by molar-refractivity contribution is 5.92. The molecule has 0 saturated heterocycles. The molecule has 0 atom stereocenters. The Bertz CT molecular complexity index is 407. The van der Waals surface area contributed by atoms with Crippen LogP contribution < -0.4 is 5.32 Å². The molecule has 1 N–H and O–H groups in total. The molecule has 0 unspecified atom stereocenters. The van der Waals surface area contributed by atoms with Crippen LogP contribution in [0.15, 0.2) is 30.3 Å². The molecule has 0 aliphatic carbocycles. The average molecular weight is 219 g/mol. The van der Waals surface area contributed by atoms with Crippen molar-refractivity contribution in [3.8, 4) is 0 Å². The Morgan fingerprint density at radius 1 is 1.25 bits per heavy atom. The summed E-state index contributed by atoms with van der Waals surface area (Å²) in [6.45, 7) is 0. The zero-order valence-corrected chi connectivity index (χ0v) is 9.19. The van der Waals surface area contributed by atoms with E-state index in [-0.39, 0.29) is 11.9 Å². The fourth-order valence-electron chi connectivity index (χ4n) is 1.10. The van der Waals surface area contributed by atoms with Crippen LogP contribution in [0.3, 0.4) is 0 Å². The van der Waals surface area contributed by atoms with Crippen molar-refractivity contribution >= 4 is 18.0 Å². The van der Waals surface area contributed by atoms with E-state index in [1.54, 1.807) is 37.4 Å². The molecule has 1 amide bonds. The number of ether oxygens (including phenoxy) is 1. The summed E-state index contributed by atoms with van der Waals surface area (Å²) in [6.07, 6.45) is 3.09. The number of esters is 1.